The summed E-state index contributed by atoms with van der Waals surface area (Å²) in [4.78, 5) is 21.0. The SMILES string of the molecule is Cc1nc2ccccc2n1CCCNC(=O)CCc1nc(-c2ccc(Cl)cc2)no1. The van der Waals surface area contributed by atoms with Gasteiger partial charge in [0.25, 0.3) is 0 Å². The lowest BCUT2D eigenvalue weighted by Crippen LogP contribution is -2.25. The minimum Gasteiger partial charge on any atom is -0.356 e. The highest BCUT2D eigenvalue weighted by Crippen LogP contribution is 2.19. The first kappa shape index (κ1) is 20.1. The molecule has 2 heterocycles. The van der Waals surface area contributed by atoms with Crippen molar-refractivity contribution in [1.82, 2.24) is 25.0 Å². The number of carbonyl (C=O) groups is 1. The van der Waals surface area contributed by atoms with Crippen LogP contribution in [0.25, 0.3) is 22.4 Å². The number of fused-ring (bicyclic) bond motifs is 1. The third kappa shape index (κ3) is 4.68. The Morgan fingerprint density at radius 3 is 2.77 bits per heavy atom. The molecule has 1 N–H and O–H groups in total. The number of para-hydroxylation sites is 2. The molecule has 0 aliphatic carbocycles. The average Bonchev–Trinajstić information content (AvgIpc) is 3.34. The molecule has 30 heavy (non-hydrogen) atoms. The molecule has 0 aliphatic heterocycles. The Bertz CT molecular complexity index is 1150. The normalized spacial score (nSPS) is 11.1. The molecule has 0 spiro atoms. The number of carbonyl (C=O) groups excluding carboxylic acids is 1. The van der Waals surface area contributed by atoms with Crippen LogP contribution in [0.5, 0.6) is 0 Å². The molecular formula is C22H22ClN5O2. The average molecular weight is 424 g/mol. The molecule has 0 saturated carbocycles. The van der Waals surface area contributed by atoms with Gasteiger partial charge in [0, 0.05) is 36.5 Å². The third-order valence-corrected chi connectivity index (χ3v) is 5.11. The van der Waals surface area contributed by atoms with Crippen molar-refractivity contribution < 1.29 is 9.32 Å². The maximum Gasteiger partial charge on any atom is 0.227 e. The van der Waals surface area contributed by atoms with Crippen molar-refractivity contribution in [2.24, 2.45) is 0 Å². The fourth-order valence-corrected chi connectivity index (χ4v) is 3.45. The predicted molar refractivity (Wildman–Crippen MR) is 115 cm³/mol. The lowest BCUT2D eigenvalue weighted by molar-refractivity contribution is -0.121. The van der Waals surface area contributed by atoms with E-state index < -0.39 is 0 Å². The molecule has 0 radical (unpaired) electrons. The van der Waals surface area contributed by atoms with Gasteiger partial charge in [-0.3, -0.25) is 4.79 Å². The Labute approximate surface area is 179 Å². The van der Waals surface area contributed by atoms with Gasteiger partial charge in [-0.1, -0.05) is 28.9 Å². The third-order valence-electron chi connectivity index (χ3n) is 4.86. The first-order chi connectivity index (χ1) is 14.6. The number of nitrogens with one attached hydrogen (secondary N) is 1. The number of benzene rings is 2. The van der Waals surface area contributed by atoms with E-state index in [1.165, 1.54) is 0 Å². The number of rotatable bonds is 8. The largest absolute Gasteiger partial charge is 0.356 e. The molecule has 2 aromatic heterocycles. The van der Waals surface area contributed by atoms with E-state index in [4.69, 9.17) is 16.1 Å². The van der Waals surface area contributed by atoms with Gasteiger partial charge in [0.05, 0.1) is 11.0 Å². The fraction of sp³-hybridized carbons (Fsp3) is 0.273. The molecule has 154 valence electrons. The summed E-state index contributed by atoms with van der Waals surface area (Å²) in [5.74, 6) is 1.88. The molecule has 2 aromatic carbocycles. The summed E-state index contributed by atoms with van der Waals surface area (Å²) in [5.41, 5.74) is 2.94. The van der Waals surface area contributed by atoms with E-state index in [1.807, 2.05) is 37.3 Å². The van der Waals surface area contributed by atoms with Crippen molar-refractivity contribution in [2.75, 3.05) is 6.54 Å². The second-order valence-electron chi connectivity index (χ2n) is 7.02. The zero-order valence-electron chi connectivity index (χ0n) is 16.6. The highest BCUT2D eigenvalue weighted by atomic mass is 35.5. The Kier molecular flexibility index (Phi) is 6.09. The van der Waals surface area contributed by atoms with Crippen molar-refractivity contribution in [3.8, 4) is 11.4 Å². The first-order valence-corrected chi connectivity index (χ1v) is 10.2. The van der Waals surface area contributed by atoms with Crippen molar-refractivity contribution in [3.63, 3.8) is 0 Å². The van der Waals surface area contributed by atoms with Crippen LogP contribution >= 0.6 is 11.6 Å². The Morgan fingerprint density at radius 1 is 1.13 bits per heavy atom. The fourth-order valence-electron chi connectivity index (χ4n) is 3.32. The van der Waals surface area contributed by atoms with E-state index in [1.54, 1.807) is 12.1 Å². The van der Waals surface area contributed by atoms with Crippen molar-refractivity contribution in [3.05, 3.63) is 65.3 Å². The number of imidazole rings is 1. The lowest BCUT2D eigenvalue weighted by Gasteiger charge is -2.08. The van der Waals surface area contributed by atoms with Gasteiger partial charge in [0.1, 0.15) is 5.82 Å². The second kappa shape index (κ2) is 9.09. The predicted octanol–water partition coefficient (Wildman–Crippen LogP) is 4.19. The van der Waals surface area contributed by atoms with Crippen LogP contribution in [0.15, 0.2) is 53.1 Å². The summed E-state index contributed by atoms with van der Waals surface area (Å²) in [6.45, 7) is 3.41. The summed E-state index contributed by atoms with van der Waals surface area (Å²) in [6.07, 6.45) is 1.53. The highest BCUT2D eigenvalue weighted by Gasteiger charge is 2.11. The molecule has 8 heteroatoms. The summed E-state index contributed by atoms with van der Waals surface area (Å²) in [5, 5.41) is 7.56. The van der Waals surface area contributed by atoms with Crippen molar-refractivity contribution in [2.45, 2.75) is 32.7 Å². The van der Waals surface area contributed by atoms with E-state index in [0.717, 1.165) is 35.4 Å². The number of amides is 1. The van der Waals surface area contributed by atoms with E-state index in [2.05, 4.69) is 31.1 Å². The van der Waals surface area contributed by atoms with Crippen LogP contribution in [0.2, 0.25) is 5.02 Å². The molecule has 4 rings (SSSR count). The van der Waals surface area contributed by atoms with E-state index >= 15 is 0 Å². The second-order valence-corrected chi connectivity index (χ2v) is 7.46. The van der Waals surface area contributed by atoms with E-state index in [-0.39, 0.29) is 5.91 Å². The number of nitrogens with zero attached hydrogens (tertiary/aromatic N) is 4. The zero-order chi connectivity index (χ0) is 20.9. The number of aromatic nitrogens is 4. The maximum absolute atomic E-state index is 12.1. The van der Waals surface area contributed by atoms with Gasteiger partial charge in [-0.05, 0) is 49.7 Å². The number of halogens is 1. The first-order valence-electron chi connectivity index (χ1n) is 9.87. The summed E-state index contributed by atoms with van der Waals surface area (Å²) in [6, 6.07) is 15.3. The monoisotopic (exact) mass is 423 g/mol. The topological polar surface area (TPSA) is 85.8 Å². The van der Waals surface area contributed by atoms with Gasteiger partial charge >= 0.3 is 0 Å². The Hall–Kier alpha value is -3.19. The summed E-state index contributed by atoms with van der Waals surface area (Å²) < 4.78 is 7.42. The quantitative estimate of drug-likeness (QED) is 0.429. The van der Waals surface area contributed by atoms with Gasteiger partial charge in [-0.25, -0.2) is 4.98 Å². The van der Waals surface area contributed by atoms with Gasteiger partial charge in [-0.15, -0.1) is 0 Å². The molecule has 0 aliphatic rings. The molecule has 0 saturated heterocycles. The van der Waals surface area contributed by atoms with Gasteiger partial charge in [0.2, 0.25) is 17.6 Å². The van der Waals surface area contributed by atoms with Crippen LogP contribution in [0.1, 0.15) is 24.6 Å². The summed E-state index contributed by atoms with van der Waals surface area (Å²) >= 11 is 5.89. The Balaban J connectivity index is 1.22. The molecular weight excluding hydrogens is 402 g/mol. The number of hydrogen-bond acceptors (Lipinski definition) is 5. The molecule has 7 nitrogen and oxygen atoms in total. The van der Waals surface area contributed by atoms with Gasteiger partial charge < -0.3 is 14.4 Å². The van der Waals surface area contributed by atoms with Crippen LogP contribution in [0.4, 0.5) is 0 Å². The van der Waals surface area contributed by atoms with Gasteiger partial charge in [0.15, 0.2) is 0 Å². The van der Waals surface area contributed by atoms with Crippen LogP contribution in [0, 0.1) is 6.92 Å². The molecule has 0 unspecified atom stereocenters. The molecule has 0 bridgehead atoms. The lowest BCUT2D eigenvalue weighted by atomic mass is 10.2. The van der Waals surface area contributed by atoms with Crippen LogP contribution < -0.4 is 5.32 Å². The van der Waals surface area contributed by atoms with Gasteiger partial charge in [-0.2, -0.15) is 4.98 Å². The molecule has 0 fully saturated rings. The van der Waals surface area contributed by atoms with Crippen molar-refractivity contribution in [1.29, 1.82) is 0 Å². The number of hydrogen-bond donors (Lipinski definition) is 1. The highest BCUT2D eigenvalue weighted by molar-refractivity contribution is 6.30. The number of aryl methyl sites for hydroxylation is 3. The standard InChI is InChI=1S/C22H22ClN5O2/c1-15-25-18-5-2-3-6-19(18)28(15)14-4-13-24-20(29)11-12-21-26-22(27-30-21)16-7-9-17(23)10-8-16/h2-3,5-10H,4,11-14H2,1H3,(H,24,29). The minimum atomic E-state index is -0.0338. The molecule has 1 amide bonds. The summed E-state index contributed by atoms with van der Waals surface area (Å²) in [7, 11) is 0. The minimum absolute atomic E-state index is 0.0338. The molecule has 4 aromatic rings. The van der Waals surface area contributed by atoms with Crippen LogP contribution in [-0.4, -0.2) is 32.1 Å². The van der Waals surface area contributed by atoms with E-state index in [0.29, 0.717) is 36.1 Å². The Morgan fingerprint density at radius 2 is 1.93 bits per heavy atom. The smallest absolute Gasteiger partial charge is 0.227 e. The zero-order valence-corrected chi connectivity index (χ0v) is 17.4. The van der Waals surface area contributed by atoms with E-state index in [9.17, 15) is 4.79 Å². The maximum atomic E-state index is 12.1. The van der Waals surface area contributed by atoms with Crippen LogP contribution in [-0.2, 0) is 17.8 Å². The molecule has 0 atom stereocenters. The van der Waals surface area contributed by atoms with Crippen molar-refractivity contribution >= 4 is 28.5 Å². The van der Waals surface area contributed by atoms with Crippen LogP contribution in [0.3, 0.4) is 0 Å².